The number of carbonyl (C=O) groups excluding carboxylic acids is 1. The largest absolute Gasteiger partial charge is 0.467 e. The molecular weight excluding hydrogens is 360 g/mol. The van der Waals surface area contributed by atoms with Crippen molar-refractivity contribution in [1.82, 2.24) is 10.2 Å². The Labute approximate surface area is 172 Å². The van der Waals surface area contributed by atoms with Crippen LogP contribution in [0.25, 0.3) is 0 Å². The van der Waals surface area contributed by atoms with Crippen molar-refractivity contribution in [3.63, 3.8) is 0 Å². The molecule has 29 heavy (non-hydrogen) atoms. The number of hydrogen-bond acceptors (Lipinski definition) is 3. The molecule has 2 heterocycles. The molecule has 0 spiro atoms. The summed E-state index contributed by atoms with van der Waals surface area (Å²) in [7, 11) is 0. The molecule has 4 nitrogen and oxygen atoms in total. The van der Waals surface area contributed by atoms with Gasteiger partial charge in [0, 0.05) is 19.6 Å². The number of amides is 1. The number of hydrogen-bond donors (Lipinski definition) is 1. The average Bonchev–Trinajstić information content (AvgIpc) is 3.26. The molecule has 150 valence electrons. The lowest BCUT2D eigenvalue weighted by Crippen LogP contribution is -2.45. The Balaban J connectivity index is 1.49. The highest BCUT2D eigenvalue weighted by Gasteiger charge is 2.32. The molecule has 3 aromatic rings. The summed E-state index contributed by atoms with van der Waals surface area (Å²) >= 11 is 0. The fourth-order valence-corrected chi connectivity index (χ4v) is 4.25. The van der Waals surface area contributed by atoms with Crippen LogP contribution in [0.5, 0.6) is 0 Å². The first-order chi connectivity index (χ1) is 14.2. The van der Waals surface area contributed by atoms with Crippen LogP contribution in [0.1, 0.15) is 34.8 Å². The molecule has 1 saturated heterocycles. The summed E-state index contributed by atoms with van der Waals surface area (Å²) in [5, 5.41) is 3.06. The van der Waals surface area contributed by atoms with Crippen molar-refractivity contribution in [1.29, 1.82) is 0 Å². The molecule has 0 unspecified atom stereocenters. The third-order valence-electron chi connectivity index (χ3n) is 5.68. The molecule has 1 N–H and O–H groups in total. The summed E-state index contributed by atoms with van der Waals surface area (Å²) in [4.78, 5) is 15.4. The number of nitrogens with zero attached hydrogens (tertiary/aromatic N) is 1. The SMILES string of the molecule is Cc1cccc([C@@H]2C[C@@H](C(=O)NCc3ccco3)CN(Cc3ccccc3)C2)c1. The zero-order chi connectivity index (χ0) is 20.1. The summed E-state index contributed by atoms with van der Waals surface area (Å²) in [5.74, 6) is 1.21. The van der Waals surface area contributed by atoms with Crippen molar-refractivity contribution < 1.29 is 9.21 Å². The van der Waals surface area contributed by atoms with Crippen molar-refractivity contribution in [2.75, 3.05) is 13.1 Å². The van der Waals surface area contributed by atoms with E-state index in [1.165, 1.54) is 16.7 Å². The number of rotatable bonds is 6. The van der Waals surface area contributed by atoms with Crippen LogP contribution in [-0.4, -0.2) is 23.9 Å². The Hall–Kier alpha value is -2.85. The van der Waals surface area contributed by atoms with Gasteiger partial charge in [-0.1, -0.05) is 60.2 Å². The highest BCUT2D eigenvalue weighted by atomic mass is 16.3. The van der Waals surface area contributed by atoms with Gasteiger partial charge in [-0.2, -0.15) is 0 Å². The lowest BCUT2D eigenvalue weighted by Gasteiger charge is -2.37. The first-order valence-corrected chi connectivity index (χ1v) is 10.3. The number of benzene rings is 2. The second-order valence-corrected chi connectivity index (χ2v) is 8.02. The molecule has 1 aliphatic heterocycles. The molecule has 4 heteroatoms. The van der Waals surface area contributed by atoms with E-state index in [-0.39, 0.29) is 11.8 Å². The number of furan rings is 1. The van der Waals surface area contributed by atoms with Crippen molar-refractivity contribution in [3.8, 4) is 0 Å². The van der Waals surface area contributed by atoms with Crippen molar-refractivity contribution in [3.05, 3.63) is 95.4 Å². The summed E-state index contributed by atoms with van der Waals surface area (Å²) in [5.41, 5.74) is 3.88. The number of nitrogens with one attached hydrogen (secondary N) is 1. The number of piperidine rings is 1. The van der Waals surface area contributed by atoms with E-state index >= 15 is 0 Å². The van der Waals surface area contributed by atoms with E-state index < -0.39 is 0 Å². The van der Waals surface area contributed by atoms with Gasteiger partial charge in [-0.25, -0.2) is 0 Å². The Kier molecular flexibility index (Phi) is 6.11. The van der Waals surface area contributed by atoms with E-state index in [1.54, 1.807) is 6.26 Å². The van der Waals surface area contributed by atoms with Crippen LogP contribution in [0.15, 0.2) is 77.4 Å². The minimum atomic E-state index is -0.0343. The van der Waals surface area contributed by atoms with Crippen LogP contribution in [0.2, 0.25) is 0 Å². The van der Waals surface area contributed by atoms with Gasteiger partial charge in [-0.05, 0) is 42.5 Å². The minimum Gasteiger partial charge on any atom is -0.467 e. The highest BCUT2D eigenvalue weighted by Crippen LogP contribution is 2.31. The molecule has 1 amide bonds. The van der Waals surface area contributed by atoms with E-state index in [1.807, 2.05) is 18.2 Å². The molecule has 1 aliphatic rings. The Morgan fingerprint density at radius 3 is 2.69 bits per heavy atom. The maximum absolute atomic E-state index is 13.0. The molecular formula is C25H28N2O2. The fourth-order valence-electron chi connectivity index (χ4n) is 4.25. The first-order valence-electron chi connectivity index (χ1n) is 10.3. The topological polar surface area (TPSA) is 45.5 Å². The zero-order valence-corrected chi connectivity index (χ0v) is 16.9. The number of aryl methyl sites for hydroxylation is 1. The molecule has 1 fully saturated rings. The van der Waals surface area contributed by atoms with E-state index in [9.17, 15) is 4.79 Å². The molecule has 2 atom stereocenters. The van der Waals surface area contributed by atoms with Gasteiger partial charge in [0.05, 0.1) is 18.7 Å². The molecule has 0 bridgehead atoms. The van der Waals surface area contributed by atoms with Gasteiger partial charge in [0.25, 0.3) is 0 Å². The van der Waals surface area contributed by atoms with Crippen molar-refractivity contribution in [2.45, 2.75) is 32.4 Å². The van der Waals surface area contributed by atoms with Gasteiger partial charge >= 0.3 is 0 Å². The van der Waals surface area contributed by atoms with Gasteiger partial charge in [0.1, 0.15) is 5.76 Å². The predicted molar refractivity (Wildman–Crippen MR) is 114 cm³/mol. The smallest absolute Gasteiger partial charge is 0.224 e. The van der Waals surface area contributed by atoms with E-state index in [4.69, 9.17) is 4.42 Å². The van der Waals surface area contributed by atoms with Crippen molar-refractivity contribution >= 4 is 5.91 Å². The lowest BCUT2D eigenvalue weighted by atomic mass is 9.83. The van der Waals surface area contributed by atoms with Crippen LogP contribution >= 0.6 is 0 Å². The molecule has 0 saturated carbocycles. The summed E-state index contributed by atoms with van der Waals surface area (Å²) in [6.45, 7) is 5.18. The zero-order valence-electron chi connectivity index (χ0n) is 16.9. The third kappa shape index (κ3) is 5.15. The van der Waals surface area contributed by atoms with Gasteiger partial charge in [0.2, 0.25) is 5.91 Å². The van der Waals surface area contributed by atoms with Crippen LogP contribution in [0.4, 0.5) is 0 Å². The van der Waals surface area contributed by atoms with E-state index in [0.717, 1.165) is 31.8 Å². The van der Waals surface area contributed by atoms with E-state index in [0.29, 0.717) is 12.5 Å². The fraction of sp³-hybridized carbons (Fsp3) is 0.320. The standard InChI is InChI=1S/C25H28N2O2/c1-19-7-5-10-21(13-19)22-14-23(25(28)26-15-24-11-6-12-29-24)18-27(17-22)16-20-8-3-2-4-9-20/h2-13,22-23H,14-18H2,1H3,(H,26,28)/t22-,23-/m1/s1. The monoisotopic (exact) mass is 388 g/mol. The molecule has 4 rings (SSSR count). The summed E-state index contributed by atoms with van der Waals surface area (Å²) in [6, 6.07) is 22.9. The van der Waals surface area contributed by atoms with Gasteiger partial charge < -0.3 is 9.73 Å². The third-order valence-corrected chi connectivity index (χ3v) is 5.68. The summed E-state index contributed by atoms with van der Waals surface area (Å²) in [6.07, 6.45) is 2.51. The molecule has 0 aliphatic carbocycles. The summed E-state index contributed by atoms with van der Waals surface area (Å²) < 4.78 is 5.35. The number of carbonyl (C=O) groups is 1. The quantitative estimate of drug-likeness (QED) is 0.676. The van der Waals surface area contributed by atoms with Gasteiger partial charge in [-0.3, -0.25) is 9.69 Å². The Morgan fingerprint density at radius 2 is 1.93 bits per heavy atom. The Morgan fingerprint density at radius 1 is 1.07 bits per heavy atom. The van der Waals surface area contributed by atoms with Gasteiger partial charge in [0.15, 0.2) is 0 Å². The molecule has 1 aromatic heterocycles. The maximum atomic E-state index is 13.0. The molecule has 2 aromatic carbocycles. The first kappa shape index (κ1) is 19.5. The number of likely N-dealkylation sites (tertiary alicyclic amines) is 1. The second-order valence-electron chi connectivity index (χ2n) is 8.02. The second kappa shape index (κ2) is 9.10. The predicted octanol–water partition coefficient (Wildman–Crippen LogP) is 4.51. The van der Waals surface area contributed by atoms with Crippen LogP contribution in [0.3, 0.4) is 0 Å². The normalized spacial score (nSPS) is 19.8. The maximum Gasteiger partial charge on any atom is 0.224 e. The van der Waals surface area contributed by atoms with Gasteiger partial charge in [-0.15, -0.1) is 0 Å². The lowest BCUT2D eigenvalue weighted by molar-refractivity contribution is -0.127. The average molecular weight is 389 g/mol. The van der Waals surface area contributed by atoms with Crippen molar-refractivity contribution in [2.24, 2.45) is 5.92 Å². The van der Waals surface area contributed by atoms with E-state index in [2.05, 4.69) is 65.7 Å². The van der Waals surface area contributed by atoms with Crippen LogP contribution in [-0.2, 0) is 17.9 Å². The van der Waals surface area contributed by atoms with Crippen LogP contribution in [0, 0.1) is 12.8 Å². The minimum absolute atomic E-state index is 0.0343. The Bertz CT molecular complexity index is 921. The van der Waals surface area contributed by atoms with Crippen LogP contribution < -0.4 is 5.32 Å². The highest BCUT2D eigenvalue weighted by molar-refractivity contribution is 5.79. The molecule has 0 radical (unpaired) electrons.